The summed E-state index contributed by atoms with van der Waals surface area (Å²) >= 11 is 0. The van der Waals surface area contributed by atoms with Crippen LogP contribution in [0.4, 0.5) is 0 Å². The largest absolute Gasteiger partial charge is 0.381 e. The second kappa shape index (κ2) is 7.81. The molecule has 0 aliphatic carbocycles. The second-order valence-corrected chi connectivity index (χ2v) is 6.17. The molecule has 1 aliphatic heterocycles. The Bertz CT molecular complexity index is 730. The van der Waals surface area contributed by atoms with Crippen LogP contribution in [-0.2, 0) is 20.8 Å². The molecule has 1 atom stereocenters. The number of hydrogen-bond donors (Lipinski definition) is 0. The number of methoxy groups -OCH3 is 1. The monoisotopic (exact) mass is 324 g/mol. The van der Waals surface area contributed by atoms with Crippen LogP contribution in [0.15, 0.2) is 42.5 Å². The third-order valence-electron chi connectivity index (χ3n) is 4.56. The molecule has 0 spiro atoms. The van der Waals surface area contributed by atoms with Gasteiger partial charge in [-0.2, -0.15) is 0 Å². The van der Waals surface area contributed by atoms with E-state index in [-0.39, 0.29) is 11.7 Å². The van der Waals surface area contributed by atoms with Crippen LogP contribution in [0.25, 0.3) is 10.8 Å². The summed E-state index contributed by atoms with van der Waals surface area (Å²) < 4.78 is 17.0. The zero-order valence-electron chi connectivity index (χ0n) is 14.4. The molecule has 0 bridgehead atoms. The fourth-order valence-electron chi connectivity index (χ4n) is 2.99. The van der Waals surface area contributed by atoms with Crippen molar-refractivity contribution < 1.29 is 14.2 Å². The molecule has 3 nitrogen and oxygen atoms in total. The topological polar surface area (TPSA) is 27.7 Å². The minimum Gasteiger partial charge on any atom is -0.381 e. The van der Waals surface area contributed by atoms with E-state index in [1.54, 1.807) is 7.11 Å². The zero-order valence-corrected chi connectivity index (χ0v) is 14.4. The van der Waals surface area contributed by atoms with Crippen LogP contribution in [0.2, 0.25) is 0 Å². The number of benzene rings is 2. The molecule has 0 radical (unpaired) electrons. The number of ether oxygens (including phenoxy) is 3. The van der Waals surface area contributed by atoms with Gasteiger partial charge in [0.15, 0.2) is 0 Å². The molecule has 3 rings (SSSR count). The van der Waals surface area contributed by atoms with E-state index in [1.807, 2.05) is 6.92 Å². The quantitative estimate of drug-likeness (QED) is 0.797. The summed E-state index contributed by atoms with van der Waals surface area (Å²) in [6.45, 7) is 3.95. The molecule has 2 aromatic carbocycles. The molecule has 0 N–H and O–H groups in total. The standard InChI is InChI=1S/C21H24O3/c1-17(10-11-21(22-2)12-14-23-15-13-21)24-16-19-8-5-7-18-6-3-4-9-20(18)19/h3-9,17H,12-16H2,1-2H3. The summed E-state index contributed by atoms with van der Waals surface area (Å²) in [5.74, 6) is 6.49. The van der Waals surface area contributed by atoms with Crippen molar-refractivity contribution in [1.82, 2.24) is 0 Å². The van der Waals surface area contributed by atoms with Gasteiger partial charge in [0.25, 0.3) is 0 Å². The fraction of sp³-hybridized carbons (Fsp3) is 0.429. The highest BCUT2D eigenvalue weighted by Gasteiger charge is 2.30. The van der Waals surface area contributed by atoms with Gasteiger partial charge in [-0.15, -0.1) is 0 Å². The Labute approximate surface area is 143 Å². The Morgan fingerprint density at radius 1 is 1.12 bits per heavy atom. The van der Waals surface area contributed by atoms with Gasteiger partial charge in [-0.25, -0.2) is 0 Å². The van der Waals surface area contributed by atoms with Crippen LogP contribution < -0.4 is 0 Å². The molecule has 1 aliphatic rings. The highest BCUT2D eigenvalue weighted by atomic mass is 16.5. The summed E-state index contributed by atoms with van der Waals surface area (Å²) in [5, 5.41) is 2.47. The van der Waals surface area contributed by atoms with Crippen molar-refractivity contribution in [3.8, 4) is 11.8 Å². The number of rotatable bonds is 4. The predicted octanol–water partition coefficient (Wildman–Crippen LogP) is 3.94. The first-order chi connectivity index (χ1) is 11.7. The maximum absolute atomic E-state index is 5.96. The highest BCUT2D eigenvalue weighted by Crippen LogP contribution is 2.23. The Hall–Kier alpha value is -1.86. The lowest BCUT2D eigenvalue weighted by atomic mass is 9.94. The van der Waals surface area contributed by atoms with Crippen molar-refractivity contribution >= 4 is 10.8 Å². The van der Waals surface area contributed by atoms with Crippen molar-refractivity contribution in [1.29, 1.82) is 0 Å². The lowest BCUT2D eigenvalue weighted by Gasteiger charge is -2.31. The van der Waals surface area contributed by atoms with Crippen LogP contribution in [0.5, 0.6) is 0 Å². The Kier molecular flexibility index (Phi) is 5.52. The zero-order chi connectivity index (χ0) is 16.8. The van der Waals surface area contributed by atoms with Gasteiger partial charge in [-0.1, -0.05) is 54.3 Å². The minimum atomic E-state index is -0.380. The van der Waals surface area contributed by atoms with Gasteiger partial charge in [-0.05, 0) is 23.3 Å². The first-order valence-electron chi connectivity index (χ1n) is 8.46. The van der Waals surface area contributed by atoms with Crippen molar-refractivity contribution in [2.45, 2.75) is 38.1 Å². The highest BCUT2D eigenvalue weighted by molar-refractivity contribution is 5.85. The van der Waals surface area contributed by atoms with E-state index in [9.17, 15) is 0 Å². The Morgan fingerprint density at radius 3 is 2.67 bits per heavy atom. The molecule has 1 unspecified atom stereocenters. The molecule has 126 valence electrons. The lowest BCUT2D eigenvalue weighted by Crippen LogP contribution is -2.37. The molecular formula is C21H24O3. The van der Waals surface area contributed by atoms with E-state index in [0.717, 1.165) is 12.8 Å². The van der Waals surface area contributed by atoms with Crippen LogP contribution in [-0.4, -0.2) is 32.0 Å². The van der Waals surface area contributed by atoms with Crippen LogP contribution in [0.1, 0.15) is 25.3 Å². The average Bonchev–Trinajstić information content (AvgIpc) is 2.65. The van der Waals surface area contributed by atoms with E-state index < -0.39 is 0 Å². The summed E-state index contributed by atoms with van der Waals surface area (Å²) in [4.78, 5) is 0. The maximum Gasteiger partial charge on any atom is 0.132 e. The Balaban J connectivity index is 1.65. The first kappa shape index (κ1) is 17.0. The maximum atomic E-state index is 5.96. The molecule has 0 amide bonds. The van der Waals surface area contributed by atoms with Crippen LogP contribution in [0.3, 0.4) is 0 Å². The van der Waals surface area contributed by atoms with E-state index in [4.69, 9.17) is 14.2 Å². The molecule has 1 heterocycles. The van der Waals surface area contributed by atoms with E-state index >= 15 is 0 Å². The van der Waals surface area contributed by atoms with Gasteiger partial charge >= 0.3 is 0 Å². The predicted molar refractivity (Wildman–Crippen MR) is 95.8 cm³/mol. The second-order valence-electron chi connectivity index (χ2n) is 6.17. The van der Waals surface area contributed by atoms with Gasteiger partial charge in [0.2, 0.25) is 0 Å². The minimum absolute atomic E-state index is 0.140. The first-order valence-corrected chi connectivity index (χ1v) is 8.46. The summed E-state index contributed by atoms with van der Waals surface area (Å²) in [6.07, 6.45) is 1.48. The Morgan fingerprint density at radius 2 is 1.88 bits per heavy atom. The van der Waals surface area contributed by atoms with Gasteiger partial charge in [0, 0.05) is 20.0 Å². The van der Waals surface area contributed by atoms with Crippen molar-refractivity contribution in [3.05, 3.63) is 48.0 Å². The molecular weight excluding hydrogens is 300 g/mol. The number of hydrogen-bond acceptors (Lipinski definition) is 3. The van der Waals surface area contributed by atoms with Crippen molar-refractivity contribution in [3.63, 3.8) is 0 Å². The molecule has 2 aromatic rings. The van der Waals surface area contributed by atoms with Crippen molar-refractivity contribution in [2.24, 2.45) is 0 Å². The number of fused-ring (bicyclic) bond motifs is 1. The average molecular weight is 324 g/mol. The SMILES string of the molecule is COC1(C#CC(C)OCc2cccc3ccccc23)CCOCC1. The van der Waals surface area contributed by atoms with Gasteiger partial charge < -0.3 is 14.2 Å². The molecule has 0 saturated carbocycles. The lowest BCUT2D eigenvalue weighted by molar-refractivity contribution is -0.0527. The van der Waals surface area contributed by atoms with E-state index in [1.165, 1.54) is 16.3 Å². The summed E-state index contributed by atoms with van der Waals surface area (Å²) in [5.41, 5.74) is 0.809. The normalized spacial score (nSPS) is 17.9. The molecule has 1 saturated heterocycles. The molecule has 3 heteroatoms. The van der Waals surface area contributed by atoms with Crippen molar-refractivity contribution in [2.75, 3.05) is 20.3 Å². The van der Waals surface area contributed by atoms with Gasteiger partial charge in [0.1, 0.15) is 11.7 Å². The molecule has 1 fully saturated rings. The van der Waals surface area contributed by atoms with Crippen LogP contribution >= 0.6 is 0 Å². The fourth-order valence-corrected chi connectivity index (χ4v) is 2.99. The van der Waals surface area contributed by atoms with Gasteiger partial charge in [-0.3, -0.25) is 0 Å². The van der Waals surface area contributed by atoms with E-state index in [2.05, 4.69) is 54.3 Å². The molecule has 24 heavy (non-hydrogen) atoms. The third kappa shape index (κ3) is 3.96. The summed E-state index contributed by atoms with van der Waals surface area (Å²) in [6, 6.07) is 14.7. The van der Waals surface area contributed by atoms with Crippen LogP contribution in [0, 0.1) is 11.8 Å². The summed E-state index contributed by atoms with van der Waals surface area (Å²) in [7, 11) is 1.72. The van der Waals surface area contributed by atoms with Gasteiger partial charge in [0.05, 0.1) is 19.8 Å². The van der Waals surface area contributed by atoms with E-state index in [0.29, 0.717) is 19.8 Å². The molecule has 0 aromatic heterocycles. The third-order valence-corrected chi connectivity index (χ3v) is 4.56. The smallest absolute Gasteiger partial charge is 0.132 e.